The molecule has 0 rings (SSSR count). The van der Waals surface area contributed by atoms with Gasteiger partial charge >= 0.3 is 0 Å². The van der Waals surface area contributed by atoms with Gasteiger partial charge in [0.15, 0.2) is 0 Å². The first kappa shape index (κ1) is 17.1. The third kappa shape index (κ3) is 7.43. The Hall–Kier alpha value is -0.900. The Kier molecular flexibility index (Phi) is 9.56. The molecule has 0 aliphatic rings. The molecule has 1 unspecified atom stereocenters. The maximum absolute atomic E-state index is 11.8. The minimum Gasteiger partial charge on any atom is -0.394 e. The second-order valence-electron chi connectivity index (χ2n) is 4.94. The van der Waals surface area contributed by atoms with Crippen LogP contribution in [0.5, 0.6) is 0 Å². The number of aliphatic hydroxyl groups excluding tert-OH is 1. The molecule has 0 spiro atoms. The molecule has 0 aliphatic heterocycles. The van der Waals surface area contributed by atoms with Crippen LogP contribution in [0.1, 0.15) is 59.3 Å². The van der Waals surface area contributed by atoms with E-state index in [2.05, 4.69) is 12.2 Å². The second kappa shape index (κ2) is 10.1. The summed E-state index contributed by atoms with van der Waals surface area (Å²) in [7, 11) is 0. The zero-order valence-electron chi connectivity index (χ0n) is 11.9. The molecule has 2 N–H and O–H groups in total. The van der Waals surface area contributed by atoms with Crippen molar-refractivity contribution in [2.24, 2.45) is 5.92 Å². The van der Waals surface area contributed by atoms with Crippen LogP contribution in [-0.4, -0.2) is 29.4 Å². The molecule has 0 aromatic heterocycles. The molecule has 18 heavy (non-hydrogen) atoms. The van der Waals surface area contributed by atoms with Gasteiger partial charge in [0.2, 0.25) is 5.91 Å². The first-order chi connectivity index (χ1) is 8.52. The van der Waals surface area contributed by atoms with Gasteiger partial charge in [0.1, 0.15) is 5.78 Å². The molecule has 1 amide bonds. The maximum Gasteiger partial charge on any atom is 0.230 e. The molecule has 0 radical (unpaired) electrons. The fourth-order valence-electron chi connectivity index (χ4n) is 1.68. The van der Waals surface area contributed by atoms with Crippen LogP contribution in [0.15, 0.2) is 0 Å². The lowest BCUT2D eigenvalue weighted by Gasteiger charge is -2.15. The molecule has 4 nitrogen and oxygen atoms in total. The van der Waals surface area contributed by atoms with Gasteiger partial charge in [-0.05, 0) is 20.3 Å². The SMILES string of the molecule is CCCCCCCC(=O)C(C)C(=O)N[C@@H](C)CO. The molecule has 106 valence electrons. The number of hydrogen-bond acceptors (Lipinski definition) is 3. The number of rotatable bonds is 10. The predicted molar refractivity (Wildman–Crippen MR) is 72.2 cm³/mol. The van der Waals surface area contributed by atoms with Crippen molar-refractivity contribution in [1.29, 1.82) is 0 Å². The number of ketones is 1. The number of hydrogen-bond donors (Lipinski definition) is 2. The van der Waals surface area contributed by atoms with E-state index in [0.29, 0.717) is 6.42 Å². The summed E-state index contributed by atoms with van der Waals surface area (Å²) >= 11 is 0. The van der Waals surface area contributed by atoms with Crippen molar-refractivity contribution in [3.8, 4) is 0 Å². The average molecular weight is 257 g/mol. The molecule has 0 fully saturated rings. The Bertz CT molecular complexity index is 253. The van der Waals surface area contributed by atoms with Gasteiger partial charge in [0.05, 0.1) is 12.5 Å². The van der Waals surface area contributed by atoms with Gasteiger partial charge in [-0.2, -0.15) is 0 Å². The molecule has 0 aromatic carbocycles. The normalized spacial score (nSPS) is 14.0. The number of nitrogens with one attached hydrogen (secondary N) is 1. The fraction of sp³-hybridized carbons (Fsp3) is 0.857. The van der Waals surface area contributed by atoms with Gasteiger partial charge in [-0.25, -0.2) is 0 Å². The summed E-state index contributed by atoms with van der Waals surface area (Å²) < 4.78 is 0. The number of amides is 1. The van der Waals surface area contributed by atoms with E-state index in [1.807, 2.05) is 0 Å². The van der Waals surface area contributed by atoms with E-state index < -0.39 is 5.92 Å². The van der Waals surface area contributed by atoms with Crippen molar-refractivity contribution in [3.63, 3.8) is 0 Å². The largest absolute Gasteiger partial charge is 0.394 e. The molecule has 0 saturated heterocycles. The zero-order valence-corrected chi connectivity index (χ0v) is 11.9. The molecule has 0 heterocycles. The van der Waals surface area contributed by atoms with Gasteiger partial charge in [0, 0.05) is 12.5 Å². The van der Waals surface area contributed by atoms with Gasteiger partial charge < -0.3 is 10.4 Å². The van der Waals surface area contributed by atoms with Crippen LogP contribution in [0.25, 0.3) is 0 Å². The molecule has 2 atom stereocenters. The highest BCUT2D eigenvalue weighted by Crippen LogP contribution is 2.09. The molecule has 0 aromatic rings. The van der Waals surface area contributed by atoms with E-state index in [-0.39, 0.29) is 24.3 Å². The Morgan fingerprint density at radius 1 is 1.11 bits per heavy atom. The first-order valence-corrected chi connectivity index (χ1v) is 6.96. The van der Waals surface area contributed by atoms with Crippen molar-refractivity contribution in [3.05, 3.63) is 0 Å². The molecular formula is C14H27NO3. The summed E-state index contributed by atoms with van der Waals surface area (Å²) in [5.74, 6) is -0.894. The summed E-state index contributed by atoms with van der Waals surface area (Å²) in [5.41, 5.74) is 0. The number of carbonyl (C=O) groups is 2. The van der Waals surface area contributed by atoms with Gasteiger partial charge in [-0.3, -0.25) is 9.59 Å². The number of carbonyl (C=O) groups excluding carboxylic acids is 2. The van der Waals surface area contributed by atoms with Crippen molar-refractivity contribution in [1.82, 2.24) is 5.32 Å². The second-order valence-corrected chi connectivity index (χ2v) is 4.94. The molecule has 0 saturated carbocycles. The van der Waals surface area contributed by atoms with Crippen LogP contribution in [0.2, 0.25) is 0 Å². The van der Waals surface area contributed by atoms with Crippen molar-refractivity contribution in [2.45, 2.75) is 65.3 Å². The van der Waals surface area contributed by atoms with Crippen molar-refractivity contribution < 1.29 is 14.7 Å². The van der Waals surface area contributed by atoms with Crippen LogP contribution in [0.4, 0.5) is 0 Å². The van der Waals surface area contributed by atoms with Crippen LogP contribution in [-0.2, 0) is 9.59 Å². The zero-order chi connectivity index (χ0) is 14.0. The lowest BCUT2D eigenvalue weighted by atomic mass is 9.99. The number of Topliss-reactive ketones (excluding diaryl/α,β-unsaturated/α-hetero) is 1. The highest BCUT2D eigenvalue weighted by atomic mass is 16.3. The van der Waals surface area contributed by atoms with Gasteiger partial charge in [0.25, 0.3) is 0 Å². The minimum absolute atomic E-state index is 0.00543. The van der Waals surface area contributed by atoms with E-state index >= 15 is 0 Å². The number of unbranched alkanes of at least 4 members (excludes halogenated alkanes) is 4. The minimum atomic E-state index is -0.606. The Morgan fingerprint density at radius 2 is 1.72 bits per heavy atom. The van der Waals surface area contributed by atoms with E-state index in [1.54, 1.807) is 13.8 Å². The third-order valence-electron chi connectivity index (χ3n) is 3.07. The fourth-order valence-corrected chi connectivity index (χ4v) is 1.68. The lowest BCUT2D eigenvalue weighted by molar-refractivity contribution is -0.133. The van der Waals surface area contributed by atoms with E-state index in [9.17, 15) is 9.59 Å². The topological polar surface area (TPSA) is 66.4 Å². The molecule has 0 aliphatic carbocycles. The summed E-state index contributed by atoms with van der Waals surface area (Å²) in [6.07, 6.45) is 5.95. The van der Waals surface area contributed by atoms with Gasteiger partial charge in [-0.15, -0.1) is 0 Å². The van der Waals surface area contributed by atoms with Crippen LogP contribution < -0.4 is 5.32 Å². The van der Waals surface area contributed by atoms with Crippen molar-refractivity contribution in [2.75, 3.05) is 6.61 Å². The standard InChI is InChI=1S/C14H27NO3/c1-4-5-6-7-8-9-13(17)12(3)14(18)15-11(2)10-16/h11-12,16H,4-10H2,1-3H3,(H,15,18)/t11-,12?/m0/s1. The van der Waals surface area contributed by atoms with Gasteiger partial charge in [-0.1, -0.05) is 32.6 Å². The number of aliphatic hydroxyl groups is 1. The highest BCUT2D eigenvalue weighted by Gasteiger charge is 2.21. The first-order valence-electron chi connectivity index (χ1n) is 6.96. The van der Waals surface area contributed by atoms with Crippen molar-refractivity contribution >= 4 is 11.7 Å². The van der Waals surface area contributed by atoms with E-state index in [0.717, 1.165) is 19.3 Å². The monoisotopic (exact) mass is 257 g/mol. The van der Waals surface area contributed by atoms with Crippen LogP contribution >= 0.6 is 0 Å². The predicted octanol–water partition coefficient (Wildman–Crippen LogP) is 2.05. The summed E-state index contributed by atoms with van der Waals surface area (Å²) in [5, 5.41) is 11.4. The maximum atomic E-state index is 11.8. The van der Waals surface area contributed by atoms with Crippen LogP contribution in [0, 0.1) is 5.92 Å². The lowest BCUT2D eigenvalue weighted by Crippen LogP contribution is -2.40. The summed E-state index contributed by atoms with van der Waals surface area (Å²) in [6, 6.07) is -0.294. The van der Waals surface area contributed by atoms with E-state index in [4.69, 9.17) is 5.11 Å². The Balaban J connectivity index is 3.84. The Labute approximate surface area is 110 Å². The highest BCUT2D eigenvalue weighted by molar-refractivity contribution is 6.00. The smallest absolute Gasteiger partial charge is 0.230 e. The molecule has 4 heteroatoms. The quantitative estimate of drug-likeness (QED) is 0.465. The molecular weight excluding hydrogens is 230 g/mol. The summed E-state index contributed by atoms with van der Waals surface area (Å²) in [6.45, 7) is 5.39. The third-order valence-corrected chi connectivity index (χ3v) is 3.07. The summed E-state index contributed by atoms with van der Waals surface area (Å²) in [4.78, 5) is 23.4. The molecule has 0 bridgehead atoms. The van der Waals surface area contributed by atoms with E-state index in [1.165, 1.54) is 12.8 Å². The average Bonchev–Trinajstić information content (AvgIpc) is 2.36. The van der Waals surface area contributed by atoms with Crippen LogP contribution in [0.3, 0.4) is 0 Å². The Morgan fingerprint density at radius 3 is 2.28 bits per heavy atom.